The smallest absolute Gasteiger partial charge is 0.0979 e. The van der Waals surface area contributed by atoms with Gasteiger partial charge in [0.2, 0.25) is 0 Å². The monoisotopic (exact) mass is 243 g/mol. The van der Waals surface area contributed by atoms with E-state index in [2.05, 4.69) is 54.6 Å². The van der Waals surface area contributed by atoms with E-state index in [1.54, 1.807) is 11.8 Å². The maximum Gasteiger partial charge on any atom is 0.0979 e. The van der Waals surface area contributed by atoms with Gasteiger partial charge in [0, 0.05) is 12.6 Å². The van der Waals surface area contributed by atoms with E-state index < -0.39 is 0 Å². The lowest BCUT2D eigenvalue weighted by atomic mass is 9.98. The van der Waals surface area contributed by atoms with Gasteiger partial charge in [0.25, 0.3) is 0 Å². The van der Waals surface area contributed by atoms with Crippen molar-refractivity contribution in [1.29, 1.82) is 0 Å². The number of rotatable bonds is 2. The van der Waals surface area contributed by atoms with Crippen LogP contribution in [0.4, 0.5) is 0 Å². The largest absolute Gasteiger partial charge is 0.281 e. The molecule has 0 amide bonds. The first-order chi connectivity index (χ1) is 8.31. The highest BCUT2D eigenvalue weighted by Crippen LogP contribution is 2.26. The van der Waals surface area contributed by atoms with Gasteiger partial charge in [-0.3, -0.25) is 4.99 Å². The lowest BCUT2D eigenvalue weighted by Crippen LogP contribution is -2.01. The molecule has 0 N–H and O–H groups in total. The molecule has 2 heteroatoms. The molecule has 2 aromatic rings. The van der Waals surface area contributed by atoms with Crippen LogP contribution in [0.1, 0.15) is 18.1 Å². The molecule has 0 fully saturated rings. The summed E-state index contributed by atoms with van der Waals surface area (Å²) in [5.41, 5.74) is 2.68. The quantitative estimate of drug-likeness (QED) is 0.570. The number of benzene rings is 2. The predicted octanol–water partition coefficient (Wildman–Crippen LogP) is 4.14. The summed E-state index contributed by atoms with van der Waals surface area (Å²) < 4.78 is 0. The van der Waals surface area contributed by atoms with Gasteiger partial charge in [-0.2, -0.15) is 0 Å². The topological polar surface area (TPSA) is 12.4 Å². The van der Waals surface area contributed by atoms with Gasteiger partial charge in [0.1, 0.15) is 0 Å². The van der Waals surface area contributed by atoms with Gasteiger partial charge in [-0.15, -0.1) is 11.8 Å². The third-order valence-electron chi connectivity index (χ3n) is 3.01. The van der Waals surface area contributed by atoms with E-state index in [1.807, 2.05) is 7.05 Å². The Morgan fingerprint density at radius 3 is 2.59 bits per heavy atom. The van der Waals surface area contributed by atoms with Crippen LogP contribution in [0, 0.1) is 0 Å². The van der Waals surface area contributed by atoms with Crippen molar-refractivity contribution in [2.24, 2.45) is 4.99 Å². The standard InChI is InChI=1S/C15H17NS/c1-4-11-9-10-12-7-5-6-8-13(12)14(11)15(16-2)17-3/h5-10H,4H2,1-3H3. The van der Waals surface area contributed by atoms with Gasteiger partial charge in [-0.1, -0.05) is 43.3 Å². The average molecular weight is 243 g/mol. The van der Waals surface area contributed by atoms with Crippen molar-refractivity contribution in [2.75, 3.05) is 13.3 Å². The van der Waals surface area contributed by atoms with E-state index in [0.29, 0.717) is 0 Å². The zero-order chi connectivity index (χ0) is 12.3. The highest BCUT2D eigenvalue weighted by atomic mass is 32.2. The summed E-state index contributed by atoms with van der Waals surface area (Å²) in [7, 11) is 1.87. The Kier molecular flexibility index (Phi) is 3.85. The summed E-state index contributed by atoms with van der Waals surface area (Å²) in [5.74, 6) is 0. The molecule has 0 heterocycles. The van der Waals surface area contributed by atoms with Crippen LogP contribution in [0.2, 0.25) is 0 Å². The van der Waals surface area contributed by atoms with Gasteiger partial charge in [0.05, 0.1) is 5.04 Å². The Bertz CT molecular complexity index is 558. The van der Waals surface area contributed by atoms with E-state index in [-0.39, 0.29) is 0 Å². The number of aryl methyl sites for hydroxylation is 1. The third-order valence-corrected chi connectivity index (χ3v) is 3.78. The Morgan fingerprint density at radius 1 is 1.18 bits per heavy atom. The molecule has 0 aromatic heterocycles. The number of hydrogen-bond acceptors (Lipinski definition) is 2. The van der Waals surface area contributed by atoms with Crippen LogP contribution in [0.25, 0.3) is 10.8 Å². The Hall–Kier alpha value is -1.28. The molecule has 88 valence electrons. The molecule has 0 aliphatic carbocycles. The van der Waals surface area contributed by atoms with Crippen LogP contribution in [0.15, 0.2) is 41.4 Å². The fourth-order valence-electron chi connectivity index (χ4n) is 2.17. The summed E-state index contributed by atoms with van der Waals surface area (Å²) in [6.07, 6.45) is 3.13. The average Bonchev–Trinajstić information content (AvgIpc) is 2.40. The number of fused-ring (bicyclic) bond motifs is 1. The van der Waals surface area contributed by atoms with Gasteiger partial charge in [-0.05, 0) is 29.0 Å². The van der Waals surface area contributed by atoms with Crippen molar-refractivity contribution in [1.82, 2.24) is 0 Å². The molecule has 0 aliphatic heterocycles. The zero-order valence-corrected chi connectivity index (χ0v) is 11.3. The van der Waals surface area contributed by atoms with Crippen LogP contribution in [-0.4, -0.2) is 18.3 Å². The van der Waals surface area contributed by atoms with Gasteiger partial charge >= 0.3 is 0 Å². The Morgan fingerprint density at radius 2 is 1.94 bits per heavy atom. The molecule has 0 radical (unpaired) electrons. The molecular formula is C15H17NS. The van der Waals surface area contributed by atoms with Gasteiger partial charge < -0.3 is 0 Å². The lowest BCUT2D eigenvalue weighted by Gasteiger charge is -2.12. The van der Waals surface area contributed by atoms with Crippen molar-refractivity contribution in [3.63, 3.8) is 0 Å². The number of aliphatic imine (C=N–C) groups is 1. The van der Waals surface area contributed by atoms with Crippen molar-refractivity contribution in [2.45, 2.75) is 13.3 Å². The van der Waals surface area contributed by atoms with Crippen LogP contribution in [0.3, 0.4) is 0 Å². The summed E-state index contributed by atoms with van der Waals surface area (Å²) in [6, 6.07) is 12.9. The number of hydrogen-bond donors (Lipinski definition) is 0. The molecule has 17 heavy (non-hydrogen) atoms. The summed E-state index contributed by atoms with van der Waals surface area (Å²) >= 11 is 1.72. The SMILES string of the molecule is CCc1ccc2ccccc2c1C(=NC)SC. The van der Waals surface area contributed by atoms with Gasteiger partial charge in [-0.25, -0.2) is 0 Å². The van der Waals surface area contributed by atoms with Crippen molar-refractivity contribution in [3.05, 3.63) is 47.5 Å². The van der Waals surface area contributed by atoms with E-state index in [9.17, 15) is 0 Å². The van der Waals surface area contributed by atoms with E-state index in [1.165, 1.54) is 21.9 Å². The molecule has 2 rings (SSSR count). The van der Waals surface area contributed by atoms with Crippen molar-refractivity contribution in [3.8, 4) is 0 Å². The highest BCUT2D eigenvalue weighted by molar-refractivity contribution is 8.13. The molecule has 0 unspecified atom stereocenters. The fraction of sp³-hybridized carbons (Fsp3) is 0.267. The molecule has 0 saturated carbocycles. The first-order valence-electron chi connectivity index (χ1n) is 5.83. The summed E-state index contributed by atoms with van der Waals surface area (Å²) in [6.45, 7) is 2.20. The van der Waals surface area contributed by atoms with Crippen LogP contribution in [0.5, 0.6) is 0 Å². The summed E-state index contributed by atoms with van der Waals surface area (Å²) in [4.78, 5) is 4.42. The minimum absolute atomic E-state index is 1.04. The third kappa shape index (κ3) is 2.22. The highest BCUT2D eigenvalue weighted by Gasteiger charge is 2.11. The fourth-order valence-corrected chi connectivity index (χ4v) is 2.80. The Balaban J connectivity index is 2.80. The normalized spacial score (nSPS) is 12.1. The number of thioether (sulfide) groups is 1. The second kappa shape index (κ2) is 5.37. The van der Waals surface area contributed by atoms with Crippen LogP contribution < -0.4 is 0 Å². The lowest BCUT2D eigenvalue weighted by molar-refractivity contribution is 1.14. The molecule has 2 aromatic carbocycles. The molecule has 0 aliphatic rings. The second-order valence-corrected chi connectivity index (χ2v) is 4.70. The number of nitrogens with zero attached hydrogens (tertiary/aromatic N) is 1. The molecular weight excluding hydrogens is 226 g/mol. The van der Waals surface area contributed by atoms with E-state index >= 15 is 0 Å². The zero-order valence-electron chi connectivity index (χ0n) is 10.5. The molecule has 1 nitrogen and oxygen atoms in total. The minimum atomic E-state index is 1.04. The van der Waals surface area contributed by atoms with E-state index in [0.717, 1.165) is 11.5 Å². The Labute approximate surface area is 107 Å². The first kappa shape index (κ1) is 12.2. The summed E-state index contributed by atoms with van der Waals surface area (Å²) in [5, 5.41) is 3.72. The van der Waals surface area contributed by atoms with Gasteiger partial charge in [0.15, 0.2) is 0 Å². The van der Waals surface area contributed by atoms with Crippen LogP contribution >= 0.6 is 11.8 Å². The van der Waals surface area contributed by atoms with Crippen LogP contribution in [-0.2, 0) is 6.42 Å². The molecule has 0 bridgehead atoms. The first-order valence-corrected chi connectivity index (χ1v) is 7.06. The predicted molar refractivity (Wildman–Crippen MR) is 79.3 cm³/mol. The van der Waals surface area contributed by atoms with E-state index in [4.69, 9.17) is 0 Å². The second-order valence-electron chi connectivity index (χ2n) is 3.91. The maximum absolute atomic E-state index is 4.42. The van der Waals surface area contributed by atoms with Crippen molar-refractivity contribution >= 4 is 27.6 Å². The molecule has 0 saturated heterocycles. The minimum Gasteiger partial charge on any atom is -0.281 e. The molecule has 0 spiro atoms. The van der Waals surface area contributed by atoms with Crippen molar-refractivity contribution < 1.29 is 0 Å². The maximum atomic E-state index is 4.42. The molecule has 0 atom stereocenters.